The number of methoxy groups -OCH3 is 1. The molecule has 0 bridgehead atoms. The number of ether oxygens (including phenoxy) is 2. The predicted molar refractivity (Wildman–Crippen MR) is 103 cm³/mol. The molecule has 2 aliphatic rings. The van der Waals surface area contributed by atoms with Gasteiger partial charge in [-0.1, -0.05) is 30.3 Å². The smallest absolute Gasteiger partial charge is 0.156 e. The Balaban J connectivity index is 1.53. The van der Waals surface area contributed by atoms with Crippen LogP contribution in [0.3, 0.4) is 0 Å². The molecule has 4 rings (SSSR count). The van der Waals surface area contributed by atoms with E-state index in [0.717, 1.165) is 49.8 Å². The van der Waals surface area contributed by atoms with Gasteiger partial charge in [-0.15, -0.1) is 0 Å². The Bertz CT molecular complexity index is 755. The maximum atomic E-state index is 11.1. The summed E-state index contributed by atoms with van der Waals surface area (Å²) in [5.41, 5.74) is 1.27. The first-order valence-electron chi connectivity index (χ1n) is 9.65. The third-order valence-corrected chi connectivity index (χ3v) is 5.63. The minimum absolute atomic E-state index is 0.327. The fourth-order valence-corrected chi connectivity index (χ4v) is 3.98. The molecule has 2 aromatic rings. The summed E-state index contributed by atoms with van der Waals surface area (Å²) in [6.07, 6.45) is 2.36. The molecular formula is C21H27N3O3. The first kappa shape index (κ1) is 18.3. The number of nitrogens with zero attached hydrogens (tertiary/aromatic N) is 3. The zero-order chi connectivity index (χ0) is 18.7. The molecule has 1 aromatic carbocycles. The van der Waals surface area contributed by atoms with Gasteiger partial charge in [0.1, 0.15) is 12.4 Å². The van der Waals surface area contributed by atoms with Gasteiger partial charge in [0.25, 0.3) is 0 Å². The molecule has 3 heterocycles. The van der Waals surface area contributed by atoms with E-state index in [1.807, 2.05) is 30.3 Å². The van der Waals surface area contributed by atoms with E-state index in [9.17, 15) is 5.11 Å². The standard InChI is InChI=1S/C21H27N3O3/c1-26-15-19-22-18(16-7-12-27-14-16)13-20(23-19)24-10-8-21(25,9-11-24)17-5-3-2-4-6-17/h2-6,13,16,25H,7-12,14-15H2,1H3/t16-/m1/s1. The van der Waals surface area contributed by atoms with Gasteiger partial charge >= 0.3 is 0 Å². The fraction of sp³-hybridized carbons (Fsp3) is 0.524. The monoisotopic (exact) mass is 369 g/mol. The average molecular weight is 369 g/mol. The second kappa shape index (κ2) is 7.92. The molecule has 2 saturated heterocycles. The summed E-state index contributed by atoms with van der Waals surface area (Å²) in [6, 6.07) is 12.1. The Hall–Kier alpha value is -2.02. The number of rotatable bonds is 5. The molecule has 0 spiro atoms. The van der Waals surface area contributed by atoms with E-state index < -0.39 is 5.60 Å². The van der Waals surface area contributed by atoms with Crippen molar-refractivity contribution < 1.29 is 14.6 Å². The molecular weight excluding hydrogens is 342 g/mol. The highest BCUT2D eigenvalue weighted by atomic mass is 16.5. The summed E-state index contributed by atoms with van der Waals surface area (Å²) in [5.74, 6) is 1.96. The van der Waals surface area contributed by atoms with E-state index in [4.69, 9.17) is 14.5 Å². The lowest BCUT2D eigenvalue weighted by atomic mass is 9.84. The summed E-state index contributed by atoms with van der Waals surface area (Å²) in [6.45, 7) is 3.43. The van der Waals surface area contributed by atoms with Crippen LogP contribution in [0, 0.1) is 0 Å². The van der Waals surface area contributed by atoms with Gasteiger partial charge in [0, 0.05) is 38.8 Å². The fourth-order valence-electron chi connectivity index (χ4n) is 3.98. The predicted octanol–water partition coefficient (Wildman–Crippen LogP) is 2.61. The first-order chi connectivity index (χ1) is 13.2. The normalized spacial score (nSPS) is 22.1. The van der Waals surface area contributed by atoms with Crippen LogP contribution in [0.4, 0.5) is 5.82 Å². The average Bonchev–Trinajstić information content (AvgIpc) is 3.24. The number of aliphatic hydroxyl groups is 1. The maximum absolute atomic E-state index is 11.1. The van der Waals surface area contributed by atoms with Crippen LogP contribution in [0.25, 0.3) is 0 Å². The van der Waals surface area contributed by atoms with Gasteiger partial charge in [-0.3, -0.25) is 0 Å². The Kier molecular flexibility index (Phi) is 5.38. The number of anilines is 1. The molecule has 0 aliphatic carbocycles. The van der Waals surface area contributed by atoms with Gasteiger partial charge in [-0.05, 0) is 24.8 Å². The van der Waals surface area contributed by atoms with Gasteiger partial charge in [-0.2, -0.15) is 0 Å². The topological polar surface area (TPSA) is 67.7 Å². The SMILES string of the molecule is COCc1nc([C@@H]2CCOC2)cc(N2CCC(O)(c3ccccc3)CC2)n1. The van der Waals surface area contributed by atoms with Gasteiger partial charge in [0.05, 0.1) is 17.9 Å². The molecule has 6 heteroatoms. The largest absolute Gasteiger partial charge is 0.385 e. The van der Waals surface area contributed by atoms with E-state index >= 15 is 0 Å². The summed E-state index contributed by atoms with van der Waals surface area (Å²) < 4.78 is 10.8. The summed E-state index contributed by atoms with van der Waals surface area (Å²) >= 11 is 0. The molecule has 2 fully saturated rings. The van der Waals surface area contributed by atoms with E-state index in [1.54, 1.807) is 7.11 Å². The number of aromatic nitrogens is 2. The number of benzene rings is 1. The van der Waals surface area contributed by atoms with E-state index in [2.05, 4.69) is 16.0 Å². The van der Waals surface area contributed by atoms with Crippen LogP contribution < -0.4 is 4.90 Å². The Morgan fingerprint density at radius 3 is 2.67 bits per heavy atom. The minimum atomic E-state index is -0.762. The van der Waals surface area contributed by atoms with Crippen molar-refractivity contribution in [2.45, 2.75) is 37.4 Å². The van der Waals surface area contributed by atoms with Crippen molar-refractivity contribution in [2.75, 3.05) is 38.3 Å². The van der Waals surface area contributed by atoms with Crippen molar-refractivity contribution in [2.24, 2.45) is 0 Å². The molecule has 1 N–H and O–H groups in total. The highest BCUT2D eigenvalue weighted by molar-refractivity contribution is 5.42. The van der Waals surface area contributed by atoms with Crippen molar-refractivity contribution in [1.29, 1.82) is 0 Å². The second-order valence-electron chi connectivity index (χ2n) is 7.45. The van der Waals surface area contributed by atoms with Crippen LogP contribution in [-0.4, -0.2) is 48.5 Å². The molecule has 144 valence electrons. The first-order valence-corrected chi connectivity index (χ1v) is 9.65. The van der Waals surface area contributed by atoms with E-state index in [1.165, 1.54) is 0 Å². The lowest BCUT2D eigenvalue weighted by Crippen LogP contribution is -2.43. The quantitative estimate of drug-likeness (QED) is 0.874. The zero-order valence-electron chi connectivity index (χ0n) is 15.8. The Morgan fingerprint density at radius 2 is 2.00 bits per heavy atom. The maximum Gasteiger partial charge on any atom is 0.156 e. The zero-order valence-corrected chi connectivity index (χ0v) is 15.8. The molecule has 0 radical (unpaired) electrons. The molecule has 6 nitrogen and oxygen atoms in total. The molecule has 0 saturated carbocycles. The van der Waals surface area contributed by atoms with Crippen LogP contribution in [0.2, 0.25) is 0 Å². The Labute approximate surface area is 160 Å². The number of hydrogen-bond acceptors (Lipinski definition) is 6. The molecule has 1 aromatic heterocycles. The van der Waals surface area contributed by atoms with E-state index in [0.29, 0.717) is 31.2 Å². The molecule has 1 atom stereocenters. The van der Waals surface area contributed by atoms with Crippen molar-refractivity contribution in [3.05, 3.63) is 53.5 Å². The lowest BCUT2D eigenvalue weighted by Gasteiger charge is -2.39. The third-order valence-electron chi connectivity index (χ3n) is 5.63. The van der Waals surface area contributed by atoms with Gasteiger partial charge in [0.2, 0.25) is 0 Å². The van der Waals surface area contributed by atoms with Crippen molar-refractivity contribution >= 4 is 5.82 Å². The van der Waals surface area contributed by atoms with Crippen LogP contribution in [0.15, 0.2) is 36.4 Å². The number of piperidine rings is 1. The minimum Gasteiger partial charge on any atom is -0.385 e. The third kappa shape index (κ3) is 3.98. The van der Waals surface area contributed by atoms with Crippen LogP contribution >= 0.6 is 0 Å². The summed E-state index contributed by atoms with van der Waals surface area (Å²) in [4.78, 5) is 11.6. The molecule has 27 heavy (non-hydrogen) atoms. The highest BCUT2D eigenvalue weighted by Crippen LogP contribution is 2.35. The van der Waals surface area contributed by atoms with Gasteiger partial charge in [0.15, 0.2) is 5.82 Å². The molecule has 0 unspecified atom stereocenters. The molecule has 0 amide bonds. The Morgan fingerprint density at radius 1 is 1.22 bits per heavy atom. The van der Waals surface area contributed by atoms with Crippen molar-refractivity contribution in [1.82, 2.24) is 9.97 Å². The lowest BCUT2D eigenvalue weighted by molar-refractivity contribution is 0.0116. The van der Waals surface area contributed by atoms with Crippen molar-refractivity contribution in [3.8, 4) is 0 Å². The highest BCUT2D eigenvalue weighted by Gasteiger charge is 2.34. The van der Waals surface area contributed by atoms with E-state index in [-0.39, 0.29) is 0 Å². The van der Waals surface area contributed by atoms with Gasteiger partial charge < -0.3 is 19.5 Å². The van der Waals surface area contributed by atoms with Gasteiger partial charge in [-0.25, -0.2) is 9.97 Å². The summed E-state index contributed by atoms with van der Waals surface area (Å²) in [7, 11) is 1.66. The number of hydrogen-bond donors (Lipinski definition) is 1. The molecule has 2 aliphatic heterocycles. The summed E-state index contributed by atoms with van der Waals surface area (Å²) in [5, 5.41) is 11.1. The second-order valence-corrected chi connectivity index (χ2v) is 7.45. The van der Waals surface area contributed by atoms with Crippen LogP contribution in [-0.2, 0) is 21.7 Å². The van der Waals surface area contributed by atoms with Crippen LogP contribution in [0.5, 0.6) is 0 Å². The van der Waals surface area contributed by atoms with Crippen LogP contribution in [0.1, 0.15) is 42.3 Å². The van der Waals surface area contributed by atoms with Crippen molar-refractivity contribution in [3.63, 3.8) is 0 Å².